The average molecular weight is 773 g/mol. The standard InChI is InChI=1S/C55H40N4O/c1-2-3-16-36-21-15-27-46-45-31-29-40(35-51(45)60-52(36)46)39-30-32-50-48(34-39)44-25-12-13-28-49(44)59(50)42-23-14-22-41(33-42)43-24-10-11-26-47(43)55-57-53(37-17-6-4-7-18-37)56-54(58-55)38-19-8-5-9-20-38/h4-15,17-35H,2-3,16H2,1H3. The second-order valence-corrected chi connectivity index (χ2v) is 15.4. The highest BCUT2D eigenvalue weighted by Gasteiger charge is 2.18. The number of nitrogens with zero attached hydrogens (tertiary/aromatic N) is 4. The van der Waals surface area contributed by atoms with Gasteiger partial charge in [-0.3, -0.25) is 0 Å². The molecule has 3 aromatic heterocycles. The van der Waals surface area contributed by atoms with Crippen LogP contribution in [0.2, 0.25) is 0 Å². The van der Waals surface area contributed by atoms with Gasteiger partial charge in [0.2, 0.25) is 0 Å². The van der Waals surface area contributed by atoms with Crippen LogP contribution in [0.15, 0.2) is 192 Å². The molecule has 0 aliphatic heterocycles. The number of rotatable bonds is 9. The summed E-state index contributed by atoms with van der Waals surface area (Å²) in [5, 5.41) is 4.76. The number of fused-ring (bicyclic) bond motifs is 6. The summed E-state index contributed by atoms with van der Waals surface area (Å²) in [5.74, 6) is 1.91. The number of hydrogen-bond acceptors (Lipinski definition) is 4. The number of furan rings is 1. The number of unbranched alkanes of at least 4 members (excludes halogenated alkanes) is 1. The van der Waals surface area contributed by atoms with Gasteiger partial charge < -0.3 is 8.98 Å². The third-order valence-electron chi connectivity index (χ3n) is 11.7. The lowest BCUT2D eigenvalue weighted by atomic mass is 9.98. The van der Waals surface area contributed by atoms with Crippen LogP contribution in [0.5, 0.6) is 0 Å². The molecule has 0 bridgehead atoms. The Morgan fingerprint density at radius 1 is 0.433 bits per heavy atom. The first-order valence-electron chi connectivity index (χ1n) is 20.7. The van der Waals surface area contributed by atoms with Gasteiger partial charge in [0.25, 0.3) is 0 Å². The van der Waals surface area contributed by atoms with Crippen LogP contribution in [0.4, 0.5) is 0 Å². The lowest BCUT2D eigenvalue weighted by Gasteiger charge is -2.14. The molecule has 3 heterocycles. The van der Waals surface area contributed by atoms with Crippen LogP contribution in [0.1, 0.15) is 25.3 Å². The Morgan fingerprint density at radius 2 is 1.05 bits per heavy atom. The zero-order valence-corrected chi connectivity index (χ0v) is 33.2. The number of aromatic nitrogens is 4. The molecule has 0 aliphatic carbocycles. The molecule has 0 saturated heterocycles. The molecule has 0 amide bonds. The van der Waals surface area contributed by atoms with Crippen molar-refractivity contribution >= 4 is 43.7 Å². The summed E-state index contributed by atoms with van der Waals surface area (Å²) in [5.41, 5.74) is 13.9. The monoisotopic (exact) mass is 772 g/mol. The minimum Gasteiger partial charge on any atom is -0.456 e. The van der Waals surface area contributed by atoms with Crippen molar-refractivity contribution in [2.75, 3.05) is 0 Å². The molecule has 0 aliphatic rings. The van der Waals surface area contributed by atoms with Crippen molar-refractivity contribution in [2.24, 2.45) is 0 Å². The third-order valence-corrected chi connectivity index (χ3v) is 11.7. The Morgan fingerprint density at radius 3 is 1.83 bits per heavy atom. The van der Waals surface area contributed by atoms with E-state index >= 15 is 0 Å². The minimum atomic E-state index is 0.630. The molecule has 5 heteroatoms. The van der Waals surface area contributed by atoms with Gasteiger partial charge in [-0.1, -0.05) is 159 Å². The van der Waals surface area contributed by atoms with Gasteiger partial charge >= 0.3 is 0 Å². The zero-order chi connectivity index (χ0) is 40.0. The molecule has 60 heavy (non-hydrogen) atoms. The first-order valence-corrected chi connectivity index (χ1v) is 20.7. The van der Waals surface area contributed by atoms with Gasteiger partial charge in [0.15, 0.2) is 17.5 Å². The molecule has 0 saturated carbocycles. The van der Waals surface area contributed by atoms with Gasteiger partial charge in [-0.15, -0.1) is 0 Å². The van der Waals surface area contributed by atoms with Crippen molar-refractivity contribution < 1.29 is 4.42 Å². The van der Waals surface area contributed by atoms with Crippen LogP contribution >= 0.6 is 0 Å². The maximum Gasteiger partial charge on any atom is 0.164 e. The molecule has 11 rings (SSSR count). The largest absolute Gasteiger partial charge is 0.456 e. The van der Waals surface area contributed by atoms with Crippen LogP contribution in [-0.2, 0) is 6.42 Å². The highest BCUT2D eigenvalue weighted by Crippen LogP contribution is 2.39. The van der Waals surface area contributed by atoms with Crippen molar-refractivity contribution in [1.82, 2.24) is 19.5 Å². The van der Waals surface area contributed by atoms with Crippen molar-refractivity contribution in [3.8, 4) is 62.1 Å². The van der Waals surface area contributed by atoms with Gasteiger partial charge in [0.05, 0.1) is 11.0 Å². The first kappa shape index (κ1) is 35.5. The van der Waals surface area contributed by atoms with E-state index in [4.69, 9.17) is 19.4 Å². The fraction of sp³-hybridized carbons (Fsp3) is 0.0727. The van der Waals surface area contributed by atoms with E-state index in [9.17, 15) is 0 Å². The van der Waals surface area contributed by atoms with Crippen LogP contribution in [0.25, 0.3) is 106 Å². The Balaban J connectivity index is 1.01. The van der Waals surface area contributed by atoms with Crippen molar-refractivity contribution in [2.45, 2.75) is 26.2 Å². The molecule has 286 valence electrons. The molecule has 8 aromatic carbocycles. The molecule has 0 atom stereocenters. The lowest BCUT2D eigenvalue weighted by molar-refractivity contribution is 0.658. The molecular weight excluding hydrogens is 733 g/mol. The zero-order valence-electron chi connectivity index (χ0n) is 33.2. The predicted molar refractivity (Wildman–Crippen MR) is 247 cm³/mol. The Kier molecular flexibility index (Phi) is 8.85. The predicted octanol–water partition coefficient (Wildman–Crippen LogP) is 14.5. The number of para-hydroxylation sites is 2. The fourth-order valence-electron chi connectivity index (χ4n) is 8.70. The van der Waals surface area contributed by atoms with Gasteiger partial charge in [-0.25, -0.2) is 15.0 Å². The van der Waals surface area contributed by atoms with Crippen LogP contribution in [0.3, 0.4) is 0 Å². The summed E-state index contributed by atoms with van der Waals surface area (Å²) in [6, 6.07) is 66.2. The van der Waals surface area contributed by atoms with E-state index < -0.39 is 0 Å². The van der Waals surface area contributed by atoms with E-state index in [1.54, 1.807) is 0 Å². The topological polar surface area (TPSA) is 56.7 Å². The summed E-state index contributed by atoms with van der Waals surface area (Å²) in [7, 11) is 0. The lowest BCUT2D eigenvalue weighted by Crippen LogP contribution is -2.01. The quantitative estimate of drug-likeness (QED) is 0.147. The SMILES string of the molecule is CCCCc1cccc2c1oc1cc(-c3ccc4c(c3)c3ccccc3n4-c3cccc(-c4ccccc4-c4nc(-c5ccccc5)nc(-c5ccccc5)n4)c3)ccc12. The second kappa shape index (κ2) is 14.9. The number of aryl methyl sites for hydroxylation is 1. The Labute approximate surface area is 348 Å². The van der Waals surface area contributed by atoms with Crippen molar-refractivity contribution in [3.63, 3.8) is 0 Å². The van der Waals surface area contributed by atoms with Crippen molar-refractivity contribution in [3.05, 3.63) is 194 Å². The van der Waals surface area contributed by atoms with Gasteiger partial charge in [0, 0.05) is 43.9 Å². The van der Waals surface area contributed by atoms with Gasteiger partial charge in [0.1, 0.15) is 11.2 Å². The molecule has 0 N–H and O–H groups in total. The van der Waals surface area contributed by atoms with E-state index in [-0.39, 0.29) is 0 Å². The fourth-order valence-corrected chi connectivity index (χ4v) is 8.70. The molecule has 0 fully saturated rings. The van der Waals surface area contributed by atoms with Crippen molar-refractivity contribution in [1.29, 1.82) is 0 Å². The highest BCUT2D eigenvalue weighted by molar-refractivity contribution is 6.11. The second-order valence-electron chi connectivity index (χ2n) is 15.4. The van der Waals surface area contributed by atoms with Gasteiger partial charge in [-0.2, -0.15) is 0 Å². The molecule has 5 nitrogen and oxygen atoms in total. The van der Waals surface area contributed by atoms with E-state index in [0.29, 0.717) is 17.5 Å². The van der Waals surface area contributed by atoms with E-state index in [1.807, 2.05) is 60.7 Å². The van der Waals surface area contributed by atoms with Crippen LogP contribution in [-0.4, -0.2) is 19.5 Å². The summed E-state index contributed by atoms with van der Waals surface area (Å²) >= 11 is 0. The summed E-state index contributed by atoms with van der Waals surface area (Å²) in [6.07, 6.45) is 3.34. The van der Waals surface area contributed by atoms with E-state index in [0.717, 1.165) is 91.5 Å². The molecule has 11 aromatic rings. The summed E-state index contributed by atoms with van der Waals surface area (Å²) in [6.45, 7) is 2.24. The molecule has 0 unspecified atom stereocenters. The van der Waals surface area contributed by atoms with E-state index in [1.165, 1.54) is 21.7 Å². The van der Waals surface area contributed by atoms with Crippen LogP contribution in [0, 0.1) is 0 Å². The van der Waals surface area contributed by atoms with E-state index in [2.05, 4.69) is 139 Å². The maximum absolute atomic E-state index is 6.58. The number of benzene rings is 8. The Bertz CT molecular complexity index is 3310. The smallest absolute Gasteiger partial charge is 0.164 e. The molecule has 0 spiro atoms. The highest BCUT2D eigenvalue weighted by atomic mass is 16.3. The van der Waals surface area contributed by atoms with Gasteiger partial charge in [-0.05, 0) is 83.1 Å². The summed E-state index contributed by atoms with van der Waals surface area (Å²) in [4.78, 5) is 15.1. The Hall–Kier alpha value is -7.63. The minimum absolute atomic E-state index is 0.630. The average Bonchev–Trinajstić information content (AvgIpc) is 3.87. The van der Waals surface area contributed by atoms with Crippen LogP contribution < -0.4 is 0 Å². The normalized spacial score (nSPS) is 11.6. The number of hydrogen-bond donors (Lipinski definition) is 0. The first-order chi connectivity index (χ1) is 29.7. The third kappa shape index (κ3) is 6.23. The molecule has 0 radical (unpaired) electrons. The molecular formula is C55H40N4O. The summed E-state index contributed by atoms with van der Waals surface area (Å²) < 4.78 is 8.96. The maximum atomic E-state index is 6.58.